The van der Waals surface area contributed by atoms with Crippen LogP contribution < -0.4 is 9.46 Å². The normalized spacial score (nSPS) is 11.3. The van der Waals surface area contributed by atoms with Crippen LogP contribution in [0, 0.1) is 12.7 Å². The van der Waals surface area contributed by atoms with E-state index in [0.717, 1.165) is 0 Å². The number of aryl methyl sites for hydroxylation is 1. The maximum atomic E-state index is 12.9. The molecule has 0 spiro atoms. The highest BCUT2D eigenvalue weighted by Gasteiger charge is 2.20. The van der Waals surface area contributed by atoms with Crippen LogP contribution in [0.4, 0.5) is 4.39 Å². The quantitative estimate of drug-likeness (QED) is 0.591. The third-order valence-corrected chi connectivity index (χ3v) is 5.66. The van der Waals surface area contributed by atoms with Crippen molar-refractivity contribution in [1.29, 1.82) is 0 Å². The van der Waals surface area contributed by atoms with Crippen LogP contribution in [-0.2, 0) is 14.8 Å². The first-order valence-corrected chi connectivity index (χ1v) is 10.5. The third-order valence-electron chi connectivity index (χ3n) is 4.20. The molecule has 0 aliphatic heterocycles. The maximum Gasteiger partial charge on any atom is 0.254 e. The fourth-order valence-electron chi connectivity index (χ4n) is 2.50. The van der Waals surface area contributed by atoms with Gasteiger partial charge in [0.15, 0.2) is 0 Å². The van der Waals surface area contributed by atoms with Crippen molar-refractivity contribution in [2.24, 2.45) is 0 Å². The number of likely N-dealkylation sites (N-methyl/N-ethyl adjacent to an activating group) is 1. The van der Waals surface area contributed by atoms with E-state index in [1.807, 2.05) is 0 Å². The highest BCUT2D eigenvalue weighted by Crippen LogP contribution is 2.17. The highest BCUT2D eigenvalue weighted by molar-refractivity contribution is 7.89. The number of ether oxygens (including phenoxy) is 2. The van der Waals surface area contributed by atoms with E-state index in [1.165, 1.54) is 48.4 Å². The second-order valence-electron chi connectivity index (χ2n) is 6.40. The van der Waals surface area contributed by atoms with E-state index in [1.54, 1.807) is 20.0 Å². The highest BCUT2D eigenvalue weighted by atomic mass is 32.2. The maximum absolute atomic E-state index is 12.9. The number of benzene rings is 2. The molecule has 1 amide bonds. The van der Waals surface area contributed by atoms with Gasteiger partial charge in [0.1, 0.15) is 18.2 Å². The number of methoxy groups -OCH3 is 1. The Labute approximate surface area is 170 Å². The molecule has 0 saturated carbocycles. The SMILES string of the molecule is COCCNS(=O)(=O)c1ccc(C)c(C(=O)N(C)CCOc2ccc(F)cc2)c1. The molecule has 29 heavy (non-hydrogen) atoms. The molecular weight excluding hydrogens is 399 g/mol. The summed E-state index contributed by atoms with van der Waals surface area (Å²) in [5.41, 5.74) is 0.959. The first-order valence-electron chi connectivity index (χ1n) is 8.97. The standard InChI is InChI=1S/C20H25FN2O5S/c1-15-4-9-18(29(25,26)22-10-12-27-3)14-19(15)20(24)23(2)11-13-28-17-7-5-16(21)6-8-17/h4-9,14,22H,10-13H2,1-3H3. The van der Waals surface area contributed by atoms with Crippen LogP contribution in [0.25, 0.3) is 0 Å². The lowest BCUT2D eigenvalue weighted by molar-refractivity contribution is 0.0773. The summed E-state index contributed by atoms with van der Waals surface area (Å²) in [4.78, 5) is 14.2. The van der Waals surface area contributed by atoms with Gasteiger partial charge in [-0.3, -0.25) is 4.79 Å². The minimum Gasteiger partial charge on any atom is -0.492 e. The average Bonchev–Trinajstić information content (AvgIpc) is 2.69. The zero-order chi connectivity index (χ0) is 21.4. The zero-order valence-electron chi connectivity index (χ0n) is 16.6. The summed E-state index contributed by atoms with van der Waals surface area (Å²) in [6, 6.07) is 10.0. The van der Waals surface area contributed by atoms with Gasteiger partial charge in [0, 0.05) is 26.3 Å². The molecule has 2 rings (SSSR count). The van der Waals surface area contributed by atoms with Gasteiger partial charge in [-0.2, -0.15) is 0 Å². The lowest BCUT2D eigenvalue weighted by Crippen LogP contribution is -2.32. The molecule has 0 aromatic heterocycles. The summed E-state index contributed by atoms with van der Waals surface area (Å²) >= 11 is 0. The summed E-state index contributed by atoms with van der Waals surface area (Å²) in [6.07, 6.45) is 0. The van der Waals surface area contributed by atoms with Gasteiger partial charge in [-0.25, -0.2) is 17.5 Å². The molecule has 0 fully saturated rings. The number of sulfonamides is 1. The Morgan fingerprint density at radius 3 is 2.48 bits per heavy atom. The molecule has 158 valence electrons. The Morgan fingerprint density at radius 2 is 1.83 bits per heavy atom. The van der Waals surface area contributed by atoms with Gasteiger partial charge < -0.3 is 14.4 Å². The summed E-state index contributed by atoms with van der Waals surface area (Å²) in [5, 5.41) is 0. The molecule has 0 atom stereocenters. The molecule has 1 N–H and O–H groups in total. The van der Waals surface area contributed by atoms with E-state index in [0.29, 0.717) is 16.9 Å². The average molecular weight is 424 g/mol. The van der Waals surface area contributed by atoms with Gasteiger partial charge in [-0.15, -0.1) is 0 Å². The van der Waals surface area contributed by atoms with E-state index < -0.39 is 10.0 Å². The number of amides is 1. The molecular formula is C20H25FN2O5S. The van der Waals surface area contributed by atoms with Crippen molar-refractivity contribution in [3.05, 3.63) is 59.4 Å². The molecule has 7 nitrogen and oxygen atoms in total. The van der Waals surface area contributed by atoms with E-state index in [4.69, 9.17) is 9.47 Å². The van der Waals surface area contributed by atoms with Crippen LogP contribution in [0.5, 0.6) is 5.75 Å². The molecule has 0 radical (unpaired) electrons. The van der Waals surface area contributed by atoms with E-state index >= 15 is 0 Å². The number of rotatable bonds is 10. The smallest absolute Gasteiger partial charge is 0.254 e. The van der Waals surface area contributed by atoms with Gasteiger partial charge in [0.25, 0.3) is 5.91 Å². The Bertz CT molecular complexity index is 932. The van der Waals surface area contributed by atoms with Crippen LogP contribution >= 0.6 is 0 Å². The van der Waals surface area contributed by atoms with Crippen molar-refractivity contribution < 1.29 is 27.1 Å². The third kappa shape index (κ3) is 6.52. The largest absolute Gasteiger partial charge is 0.492 e. The van der Waals surface area contributed by atoms with Crippen molar-refractivity contribution in [2.75, 3.05) is 40.5 Å². The molecule has 0 aliphatic carbocycles. The second-order valence-corrected chi connectivity index (χ2v) is 8.16. The second kappa shape index (κ2) is 10.3. The van der Waals surface area contributed by atoms with Crippen LogP contribution in [-0.4, -0.2) is 59.7 Å². The van der Waals surface area contributed by atoms with Crippen molar-refractivity contribution in [2.45, 2.75) is 11.8 Å². The molecule has 0 bridgehead atoms. The molecule has 2 aromatic rings. The van der Waals surface area contributed by atoms with Gasteiger partial charge in [0.05, 0.1) is 18.0 Å². The summed E-state index contributed by atoms with van der Waals surface area (Å²) in [6.45, 7) is 2.61. The molecule has 0 unspecified atom stereocenters. The number of nitrogens with one attached hydrogen (secondary N) is 1. The van der Waals surface area contributed by atoms with Crippen molar-refractivity contribution >= 4 is 15.9 Å². The number of hydrogen-bond donors (Lipinski definition) is 1. The predicted octanol–water partition coefficient (Wildman–Crippen LogP) is 2.21. The van der Waals surface area contributed by atoms with Crippen LogP contribution in [0.1, 0.15) is 15.9 Å². The first kappa shape index (κ1) is 22.8. The number of carbonyl (C=O) groups excluding carboxylic acids is 1. The predicted molar refractivity (Wildman–Crippen MR) is 107 cm³/mol. The zero-order valence-corrected chi connectivity index (χ0v) is 17.5. The fraction of sp³-hybridized carbons (Fsp3) is 0.350. The molecule has 2 aromatic carbocycles. The molecule has 0 saturated heterocycles. The van der Waals surface area contributed by atoms with Crippen molar-refractivity contribution in [1.82, 2.24) is 9.62 Å². The van der Waals surface area contributed by atoms with Gasteiger partial charge in [-0.1, -0.05) is 6.07 Å². The lowest BCUT2D eigenvalue weighted by atomic mass is 10.1. The Morgan fingerprint density at radius 1 is 1.14 bits per heavy atom. The number of nitrogens with zero attached hydrogens (tertiary/aromatic N) is 1. The lowest BCUT2D eigenvalue weighted by Gasteiger charge is -2.19. The van der Waals surface area contributed by atoms with Gasteiger partial charge >= 0.3 is 0 Å². The molecule has 0 heterocycles. The molecule has 9 heteroatoms. The Kier molecular flexibility index (Phi) is 8.12. The van der Waals surface area contributed by atoms with E-state index in [2.05, 4.69) is 4.72 Å². The Balaban J connectivity index is 2.03. The monoisotopic (exact) mass is 424 g/mol. The Hall–Kier alpha value is -2.49. The number of carbonyl (C=O) groups is 1. The van der Waals surface area contributed by atoms with Crippen molar-refractivity contribution in [3.8, 4) is 5.75 Å². The topological polar surface area (TPSA) is 84.9 Å². The fourth-order valence-corrected chi connectivity index (χ4v) is 3.54. The number of halogens is 1. The van der Waals surface area contributed by atoms with Gasteiger partial charge in [-0.05, 0) is 48.9 Å². The van der Waals surface area contributed by atoms with Crippen molar-refractivity contribution in [3.63, 3.8) is 0 Å². The summed E-state index contributed by atoms with van der Waals surface area (Å²) < 4.78 is 50.4. The van der Waals surface area contributed by atoms with Crippen LogP contribution in [0.15, 0.2) is 47.4 Å². The summed E-state index contributed by atoms with van der Waals surface area (Å²) in [7, 11) is -0.660. The van der Waals surface area contributed by atoms with Crippen LogP contribution in [0.2, 0.25) is 0 Å². The first-order chi connectivity index (χ1) is 13.7. The minimum atomic E-state index is -3.74. The summed E-state index contributed by atoms with van der Waals surface area (Å²) in [5.74, 6) is -0.176. The van der Waals surface area contributed by atoms with E-state index in [9.17, 15) is 17.6 Å². The minimum absolute atomic E-state index is 0.0125. The van der Waals surface area contributed by atoms with Gasteiger partial charge in [0.2, 0.25) is 10.0 Å². The number of hydrogen-bond acceptors (Lipinski definition) is 5. The molecule has 0 aliphatic rings. The van der Waals surface area contributed by atoms with E-state index in [-0.39, 0.29) is 42.9 Å². The van der Waals surface area contributed by atoms with Crippen LogP contribution in [0.3, 0.4) is 0 Å².